The molecule has 0 fully saturated rings. The van der Waals surface area contributed by atoms with Crippen molar-refractivity contribution in [3.05, 3.63) is 68.1 Å². The van der Waals surface area contributed by atoms with Crippen LogP contribution in [0, 0.1) is 10.1 Å². The summed E-state index contributed by atoms with van der Waals surface area (Å²) in [7, 11) is 0. The first-order valence-electron chi connectivity index (χ1n) is 9.24. The van der Waals surface area contributed by atoms with Crippen LogP contribution >= 0.6 is 0 Å². The fourth-order valence-corrected chi connectivity index (χ4v) is 4.41. The predicted molar refractivity (Wildman–Crippen MR) is 103 cm³/mol. The maximum atomic E-state index is 12.7. The lowest BCUT2D eigenvalue weighted by Gasteiger charge is -2.37. The Labute approximate surface area is 155 Å². The molecule has 5 rings (SSSR count). The highest BCUT2D eigenvalue weighted by atomic mass is 16.6. The number of benzene rings is 2. The van der Waals surface area contributed by atoms with Crippen molar-refractivity contribution < 1.29 is 9.34 Å². The minimum Gasteiger partial charge on any atom is -0.422 e. The van der Waals surface area contributed by atoms with Crippen molar-refractivity contribution in [3.8, 4) is 11.1 Å². The van der Waals surface area contributed by atoms with E-state index >= 15 is 0 Å². The first kappa shape index (κ1) is 16.1. The second-order valence-electron chi connectivity index (χ2n) is 7.23. The van der Waals surface area contributed by atoms with Crippen LogP contribution in [-0.4, -0.2) is 18.0 Å². The van der Waals surface area contributed by atoms with Crippen molar-refractivity contribution in [1.82, 2.24) is 0 Å². The summed E-state index contributed by atoms with van der Waals surface area (Å²) in [5, 5.41) is 11.8. The van der Waals surface area contributed by atoms with Gasteiger partial charge < -0.3 is 9.32 Å². The number of nitrogens with zero attached hydrogens (tertiary/aromatic N) is 2. The quantitative estimate of drug-likeness (QED) is 0.390. The zero-order valence-corrected chi connectivity index (χ0v) is 14.7. The fourth-order valence-electron chi connectivity index (χ4n) is 4.41. The monoisotopic (exact) mass is 362 g/mol. The van der Waals surface area contributed by atoms with Gasteiger partial charge in [0.2, 0.25) is 0 Å². The molecule has 0 saturated heterocycles. The lowest BCUT2D eigenvalue weighted by Crippen LogP contribution is -2.34. The van der Waals surface area contributed by atoms with E-state index in [2.05, 4.69) is 11.0 Å². The number of nitro groups is 1. The molecule has 3 aromatic rings. The number of fused-ring (bicyclic) bond motifs is 2. The first-order valence-corrected chi connectivity index (χ1v) is 9.24. The third kappa shape index (κ3) is 2.51. The molecule has 6 nitrogen and oxygen atoms in total. The maximum absolute atomic E-state index is 12.7. The average molecular weight is 362 g/mol. The van der Waals surface area contributed by atoms with E-state index in [9.17, 15) is 14.9 Å². The van der Waals surface area contributed by atoms with Gasteiger partial charge >= 0.3 is 5.63 Å². The predicted octanol–water partition coefficient (Wildman–Crippen LogP) is 4.07. The van der Waals surface area contributed by atoms with Crippen molar-refractivity contribution in [3.63, 3.8) is 0 Å². The average Bonchev–Trinajstić information content (AvgIpc) is 2.69. The van der Waals surface area contributed by atoms with E-state index in [-0.39, 0.29) is 5.69 Å². The van der Waals surface area contributed by atoms with E-state index in [1.54, 1.807) is 12.1 Å². The molecule has 0 saturated carbocycles. The summed E-state index contributed by atoms with van der Waals surface area (Å²) < 4.78 is 5.78. The Morgan fingerprint density at radius 3 is 2.52 bits per heavy atom. The second kappa shape index (κ2) is 5.94. The van der Waals surface area contributed by atoms with Gasteiger partial charge in [0.05, 0.1) is 10.5 Å². The third-order valence-electron chi connectivity index (χ3n) is 5.60. The van der Waals surface area contributed by atoms with Crippen molar-refractivity contribution in [2.75, 3.05) is 18.0 Å². The van der Waals surface area contributed by atoms with Crippen LogP contribution < -0.4 is 10.5 Å². The van der Waals surface area contributed by atoms with Gasteiger partial charge in [-0.2, -0.15) is 0 Å². The van der Waals surface area contributed by atoms with Gasteiger partial charge in [-0.1, -0.05) is 0 Å². The lowest BCUT2D eigenvalue weighted by atomic mass is 9.89. The Kier molecular flexibility index (Phi) is 3.53. The van der Waals surface area contributed by atoms with E-state index in [0.717, 1.165) is 49.7 Å². The molecule has 3 heterocycles. The van der Waals surface area contributed by atoms with E-state index in [1.165, 1.54) is 23.4 Å². The summed E-state index contributed by atoms with van der Waals surface area (Å²) in [4.78, 5) is 25.5. The molecule has 0 amide bonds. The van der Waals surface area contributed by atoms with Crippen LogP contribution in [0.15, 0.2) is 45.6 Å². The molecule has 2 aliphatic rings. The molecule has 0 N–H and O–H groups in total. The van der Waals surface area contributed by atoms with Gasteiger partial charge in [0.25, 0.3) is 5.69 Å². The molecule has 0 radical (unpaired) electrons. The maximum Gasteiger partial charge on any atom is 0.344 e. The van der Waals surface area contributed by atoms with Gasteiger partial charge in [-0.15, -0.1) is 0 Å². The van der Waals surface area contributed by atoms with Crippen LogP contribution in [0.3, 0.4) is 0 Å². The van der Waals surface area contributed by atoms with Gasteiger partial charge in [0.15, 0.2) is 0 Å². The first-order chi connectivity index (χ1) is 13.1. The molecule has 0 spiro atoms. The minimum atomic E-state index is -0.449. The number of non-ortho nitro benzene ring substituents is 1. The van der Waals surface area contributed by atoms with Crippen molar-refractivity contribution >= 4 is 22.3 Å². The van der Waals surface area contributed by atoms with Gasteiger partial charge in [-0.05, 0) is 61.1 Å². The molecule has 0 unspecified atom stereocenters. The van der Waals surface area contributed by atoms with Gasteiger partial charge in [-0.25, -0.2) is 4.79 Å². The molecule has 2 aliphatic heterocycles. The summed E-state index contributed by atoms with van der Waals surface area (Å²) in [6.07, 6.45) is 4.18. The number of rotatable bonds is 2. The minimum absolute atomic E-state index is 0.00233. The van der Waals surface area contributed by atoms with Gasteiger partial charge in [0.1, 0.15) is 5.58 Å². The van der Waals surface area contributed by atoms with E-state index in [1.807, 2.05) is 6.07 Å². The largest absolute Gasteiger partial charge is 0.422 e. The van der Waals surface area contributed by atoms with Crippen molar-refractivity contribution in [2.24, 2.45) is 0 Å². The Balaban J connectivity index is 1.70. The molecule has 2 aromatic carbocycles. The smallest absolute Gasteiger partial charge is 0.344 e. The molecule has 1 aromatic heterocycles. The summed E-state index contributed by atoms with van der Waals surface area (Å²) in [6, 6.07) is 10.0. The van der Waals surface area contributed by atoms with Crippen LogP contribution in [0.2, 0.25) is 0 Å². The molecular weight excluding hydrogens is 344 g/mol. The van der Waals surface area contributed by atoms with Crippen molar-refractivity contribution in [1.29, 1.82) is 0 Å². The highest BCUT2D eigenvalue weighted by molar-refractivity contribution is 5.90. The van der Waals surface area contributed by atoms with Crippen LogP contribution in [-0.2, 0) is 12.8 Å². The number of hydrogen-bond acceptors (Lipinski definition) is 5. The fraction of sp³-hybridized carbons (Fsp3) is 0.286. The highest BCUT2D eigenvalue weighted by Gasteiger charge is 2.27. The molecule has 136 valence electrons. The Bertz CT molecular complexity index is 1130. The highest BCUT2D eigenvalue weighted by Crippen LogP contribution is 2.40. The second-order valence-corrected chi connectivity index (χ2v) is 7.23. The number of hydrogen-bond donors (Lipinski definition) is 0. The van der Waals surface area contributed by atoms with E-state index in [4.69, 9.17) is 4.42 Å². The third-order valence-corrected chi connectivity index (χ3v) is 5.60. The summed E-state index contributed by atoms with van der Waals surface area (Å²) in [5.74, 6) is 0. The SMILES string of the molecule is O=c1oc2c3c4c(cc2cc1-c1ccc([N+](=O)[O-])cc1)CCCN4CCC3. The number of aryl methyl sites for hydroxylation is 2. The van der Waals surface area contributed by atoms with Gasteiger partial charge in [0, 0.05) is 41.9 Å². The summed E-state index contributed by atoms with van der Waals surface area (Å²) >= 11 is 0. The lowest BCUT2D eigenvalue weighted by molar-refractivity contribution is -0.384. The zero-order valence-electron chi connectivity index (χ0n) is 14.7. The molecule has 0 aliphatic carbocycles. The van der Waals surface area contributed by atoms with Crippen LogP contribution in [0.5, 0.6) is 0 Å². The van der Waals surface area contributed by atoms with Gasteiger partial charge in [-0.3, -0.25) is 10.1 Å². The molecule has 0 bridgehead atoms. The molecular formula is C21H18N2O4. The standard InChI is InChI=1S/C21H18N2O4/c24-21-18(13-5-7-16(8-6-13)23(25)26)12-15-11-14-3-1-9-22-10-2-4-17(19(14)22)20(15)27-21/h5-8,11-12H,1-4,9-10H2. The normalized spacial score (nSPS) is 15.6. The molecule has 27 heavy (non-hydrogen) atoms. The Hall–Kier alpha value is -3.15. The van der Waals surface area contributed by atoms with Crippen molar-refractivity contribution in [2.45, 2.75) is 25.7 Å². The zero-order chi connectivity index (χ0) is 18.5. The Morgan fingerprint density at radius 1 is 1.04 bits per heavy atom. The van der Waals surface area contributed by atoms with E-state index < -0.39 is 10.5 Å². The topological polar surface area (TPSA) is 76.6 Å². The van der Waals surface area contributed by atoms with Crippen LogP contribution in [0.1, 0.15) is 24.0 Å². The van der Waals surface area contributed by atoms with E-state index in [0.29, 0.717) is 16.7 Å². The molecule has 6 heteroatoms. The number of nitro benzene ring substituents is 1. The summed E-state index contributed by atoms with van der Waals surface area (Å²) in [6.45, 7) is 2.13. The Morgan fingerprint density at radius 2 is 1.78 bits per heavy atom. The van der Waals surface area contributed by atoms with Crippen LogP contribution in [0.25, 0.3) is 22.1 Å². The summed E-state index contributed by atoms with van der Waals surface area (Å²) in [5.41, 5.74) is 5.11. The molecule has 0 atom stereocenters. The van der Waals surface area contributed by atoms with Crippen LogP contribution in [0.4, 0.5) is 11.4 Å². The number of anilines is 1.